The molecule has 240 valence electrons. The van der Waals surface area contributed by atoms with Crippen LogP contribution in [0.3, 0.4) is 0 Å². The van der Waals surface area contributed by atoms with Crippen molar-refractivity contribution in [3.63, 3.8) is 0 Å². The van der Waals surface area contributed by atoms with Crippen molar-refractivity contribution in [3.8, 4) is 39.5 Å². The molecule has 0 bridgehead atoms. The Labute approximate surface area is 273 Å². The van der Waals surface area contributed by atoms with Gasteiger partial charge in [0, 0.05) is 61.7 Å². The Morgan fingerprint density at radius 1 is 1.13 bits per heavy atom. The lowest BCUT2D eigenvalue weighted by molar-refractivity contribution is -0.129. The van der Waals surface area contributed by atoms with Crippen molar-refractivity contribution < 1.29 is 23.0 Å². The van der Waals surface area contributed by atoms with Crippen molar-refractivity contribution in [2.24, 2.45) is 7.05 Å². The van der Waals surface area contributed by atoms with Crippen LogP contribution in [0, 0.1) is 11.6 Å². The molecule has 1 aromatic carbocycles. The summed E-state index contributed by atoms with van der Waals surface area (Å²) in [6.45, 7) is 8.36. The summed E-state index contributed by atoms with van der Waals surface area (Å²) in [4.78, 5) is 24.4. The Hall–Kier alpha value is -4.94. The number of methoxy groups -OCH3 is 1. The molecule has 1 amide bonds. The Morgan fingerprint density at radius 2 is 1.96 bits per heavy atom. The third kappa shape index (κ3) is 5.17. The number of carbonyl (C=O) groups excluding carboxylic acids is 1. The van der Waals surface area contributed by atoms with Crippen LogP contribution in [0.25, 0.3) is 54.9 Å². The molecule has 12 heteroatoms. The van der Waals surface area contributed by atoms with Crippen LogP contribution >= 0.6 is 11.3 Å². The number of hydrogen-bond donors (Lipinski definition) is 0. The number of nitrogens with zero attached hydrogens (tertiary/aromatic N) is 6. The number of aryl methyl sites for hydroxylation is 1. The summed E-state index contributed by atoms with van der Waals surface area (Å²) in [5.41, 5.74) is 5.41. The van der Waals surface area contributed by atoms with E-state index in [9.17, 15) is 9.18 Å². The molecule has 1 aliphatic rings. The molecule has 0 saturated carbocycles. The monoisotopic (exact) mass is 654 g/mol. The number of rotatable bonds is 8. The average Bonchev–Trinajstić information content (AvgIpc) is 3.81. The maximum absolute atomic E-state index is 16.1. The van der Waals surface area contributed by atoms with E-state index in [1.165, 1.54) is 30.6 Å². The first-order valence-electron chi connectivity index (χ1n) is 15.2. The summed E-state index contributed by atoms with van der Waals surface area (Å²) in [6, 6.07) is 9.36. The van der Waals surface area contributed by atoms with Gasteiger partial charge in [0.25, 0.3) is 0 Å². The molecule has 1 aliphatic heterocycles. The summed E-state index contributed by atoms with van der Waals surface area (Å²) in [6.07, 6.45) is 5.05. The molecule has 9 nitrogen and oxygen atoms in total. The highest BCUT2D eigenvalue weighted by Gasteiger charge is 2.34. The SMILES string of the molecule is C=CC(=O)N1C[C@H](C)n2nc(-c3nc(-c4cnc5ccn(C)c5c4)c4sccc4c3-c3c(F)cc(F)cc3OCCOC)cc2[C@H]1C. The van der Waals surface area contributed by atoms with Gasteiger partial charge in [0.15, 0.2) is 0 Å². The van der Waals surface area contributed by atoms with E-state index < -0.39 is 11.6 Å². The zero-order valence-electron chi connectivity index (χ0n) is 26.3. The highest BCUT2D eigenvalue weighted by molar-refractivity contribution is 7.17. The fourth-order valence-electron chi connectivity index (χ4n) is 6.35. The van der Waals surface area contributed by atoms with Gasteiger partial charge in [-0.05, 0) is 49.6 Å². The second kappa shape index (κ2) is 12.0. The quantitative estimate of drug-likeness (QED) is 0.126. The van der Waals surface area contributed by atoms with Gasteiger partial charge >= 0.3 is 0 Å². The largest absolute Gasteiger partial charge is 0.490 e. The van der Waals surface area contributed by atoms with Crippen molar-refractivity contribution in [1.29, 1.82) is 0 Å². The highest BCUT2D eigenvalue weighted by Crippen LogP contribution is 2.47. The number of halogens is 2. The van der Waals surface area contributed by atoms with Crippen LogP contribution in [0.2, 0.25) is 0 Å². The molecule has 47 heavy (non-hydrogen) atoms. The first-order chi connectivity index (χ1) is 22.7. The van der Waals surface area contributed by atoms with Crippen molar-refractivity contribution in [2.75, 3.05) is 26.9 Å². The molecule has 5 aromatic heterocycles. The van der Waals surface area contributed by atoms with Gasteiger partial charge in [0.1, 0.15) is 35.4 Å². The number of fused-ring (bicyclic) bond motifs is 3. The normalized spacial score (nSPS) is 16.2. The predicted octanol–water partition coefficient (Wildman–Crippen LogP) is 7.33. The van der Waals surface area contributed by atoms with E-state index in [0.29, 0.717) is 34.6 Å². The van der Waals surface area contributed by atoms with Gasteiger partial charge in [0.05, 0.1) is 51.4 Å². The van der Waals surface area contributed by atoms with Gasteiger partial charge in [-0.15, -0.1) is 11.3 Å². The summed E-state index contributed by atoms with van der Waals surface area (Å²) in [7, 11) is 3.48. The van der Waals surface area contributed by atoms with Crippen LogP contribution in [-0.2, 0) is 16.6 Å². The summed E-state index contributed by atoms with van der Waals surface area (Å²) >= 11 is 1.47. The Bertz CT molecular complexity index is 2190. The number of thiophene rings is 1. The lowest BCUT2D eigenvalue weighted by atomic mass is 9.95. The van der Waals surface area contributed by atoms with E-state index in [0.717, 1.165) is 33.1 Å². The van der Waals surface area contributed by atoms with E-state index in [2.05, 4.69) is 11.6 Å². The third-order valence-electron chi connectivity index (χ3n) is 8.67. The number of benzene rings is 1. The molecule has 0 saturated heterocycles. The smallest absolute Gasteiger partial charge is 0.246 e. The molecule has 0 N–H and O–H groups in total. The number of amides is 1. The average molecular weight is 655 g/mol. The van der Waals surface area contributed by atoms with Crippen molar-refractivity contribution in [1.82, 2.24) is 29.2 Å². The van der Waals surface area contributed by atoms with E-state index in [1.54, 1.807) is 11.1 Å². The van der Waals surface area contributed by atoms with Crippen LogP contribution in [0.1, 0.15) is 31.6 Å². The number of hydrogen-bond acceptors (Lipinski definition) is 7. The second-order valence-corrected chi connectivity index (χ2v) is 12.5. The molecular formula is C35H32F2N6O3S. The molecule has 0 aliphatic carbocycles. The van der Waals surface area contributed by atoms with Crippen molar-refractivity contribution >= 4 is 38.4 Å². The van der Waals surface area contributed by atoms with E-state index in [1.807, 2.05) is 66.0 Å². The number of aromatic nitrogens is 5. The zero-order valence-corrected chi connectivity index (χ0v) is 27.1. The molecule has 2 atom stereocenters. The van der Waals surface area contributed by atoms with E-state index in [4.69, 9.17) is 19.6 Å². The Morgan fingerprint density at radius 3 is 2.74 bits per heavy atom. The Balaban J connectivity index is 1.52. The fraction of sp³-hybridized carbons (Fsp3) is 0.257. The summed E-state index contributed by atoms with van der Waals surface area (Å²) in [5, 5.41) is 7.64. The van der Waals surface area contributed by atoms with Crippen LogP contribution in [0.4, 0.5) is 8.78 Å². The van der Waals surface area contributed by atoms with Crippen molar-refractivity contribution in [2.45, 2.75) is 25.9 Å². The maximum Gasteiger partial charge on any atom is 0.246 e. The standard InChI is InChI=1S/C35H32F2N6O3S/c1-6-30(44)42-18-19(2)43-27(20(42)3)16-26(40-43)34-31(32-24(37)14-22(36)15-29(32)46-11-10-45-5)23-8-12-47-35(23)33(39-34)21-13-28-25(38-17-21)7-9-41(28)4/h6-9,12-17,19-20H,1,10-11,18H2,2-5H3/t19-,20+/m0/s1. The van der Waals surface area contributed by atoms with E-state index in [-0.39, 0.29) is 42.5 Å². The van der Waals surface area contributed by atoms with Crippen LogP contribution in [-0.4, -0.2) is 62.0 Å². The molecule has 0 spiro atoms. The highest BCUT2D eigenvalue weighted by atomic mass is 32.1. The summed E-state index contributed by atoms with van der Waals surface area (Å²) < 4.78 is 46.5. The minimum Gasteiger partial charge on any atom is -0.490 e. The van der Waals surface area contributed by atoms with Gasteiger partial charge in [-0.25, -0.2) is 13.8 Å². The van der Waals surface area contributed by atoms with Gasteiger partial charge < -0.3 is 18.9 Å². The van der Waals surface area contributed by atoms with Crippen molar-refractivity contribution in [3.05, 3.63) is 84.2 Å². The topological polar surface area (TPSA) is 87.3 Å². The molecule has 6 heterocycles. The van der Waals surface area contributed by atoms with E-state index >= 15 is 4.39 Å². The molecule has 0 fully saturated rings. The molecule has 6 aromatic rings. The second-order valence-electron chi connectivity index (χ2n) is 11.6. The van der Waals surface area contributed by atoms with Crippen LogP contribution in [0.5, 0.6) is 5.75 Å². The van der Waals surface area contributed by atoms with Crippen LogP contribution < -0.4 is 4.74 Å². The lowest BCUT2D eigenvalue weighted by Gasteiger charge is -2.36. The van der Waals surface area contributed by atoms with Gasteiger partial charge in [-0.1, -0.05) is 6.58 Å². The first kappa shape index (κ1) is 30.7. The van der Waals surface area contributed by atoms with Crippen LogP contribution in [0.15, 0.2) is 66.8 Å². The lowest BCUT2D eigenvalue weighted by Crippen LogP contribution is -2.42. The summed E-state index contributed by atoms with van der Waals surface area (Å²) in [5.74, 6) is -1.70. The molecule has 7 rings (SSSR count). The molecular weight excluding hydrogens is 622 g/mol. The number of carbonyl (C=O) groups is 1. The maximum atomic E-state index is 16.1. The van der Waals surface area contributed by atoms with Gasteiger partial charge in [0.2, 0.25) is 5.91 Å². The minimum atomic E-state index is -0.791. The predicted molar refractivity (Wildman–Crippen MR) is 178 cm³/mol. The third-order valence-corrected chi connectivity index (χ3v) is 9.59. The first-order valence-corrected chi connectivity index (χ1v) is 16.0. The molecule has 0 unspecified atom stereocenters. The Kier molecular flexibility index (Phi) is 7.85. The fourth-order valence-corrected chi connectivity index (χ4v) is 7.26. The zero-order chi connectivity index (χ0) is 33.0. The minimum absolute atomic E-state index is 0.0308. The van der Waals surface area contributed by atoms with Gasteiger partial charge in [-0.3, -0.25) is 14.5 Å². The number of ether oxygens (including phenoxy) is 2. The van der Waals surface area contributed by atoms with Gasteiger partial charge in [-0.2, -0.15) is 5.10 Å². The number of pyridine rings is 2. The molecule has 0 radical (unpaired) electrons.